The molecule has 1 N–H and O–H groups in total. The lowest BCUT2D eigenvalue weighted by molar-refractivity contribution is 0.242. The zero-order valence-electron chi connectivity index (χ0n) is 7.07. The van der Waals surface area contributed by atoms with Gasteiger partial charge in [0.05, 0.1) is 0 Å². The van der Waals surface area contributed by atoms with Crippen LogP contribution in [0.1, 0.15) is 0 Å². The lowest BCUT2D eigenvalue weighted by atomic mass is 10.7. The third-order valence-electron chi connectivity index (χ3n) is 1.39. The first-order valence-electron chi connectivity index (χ1n) is 3.38. The van der Waals surface area contributed by atoms with Gasteiger partial charge in [-0.25, -0.2) is 14.0 Å². The fourth-order valence-electron chi connectivity index (χ4n) is 0.686. The third-order valence-corrected chi connectivity index (χ3v) is 1.39. The Kier molecular flexibility index (Phi) is 2.27. The molecule has 1 radical (unpaired) electrons. The van der Waals surface area contributed by atoms with Crippen LogP contribution < -0.4 is 16.4 Å². The molecule has 0 bridgehead atoms. The predicted molar refractivity (Wildman–Crippen MR) is 42.4 cm³/mol. The summed E-state index contributed by atoms with van der Waals surface area (Å²) in [5.41, 5.74) is -1.85. The van der Waals surface area contributed by atoms with E-state index in [4.69, 9.17) is 0 Å². The van der Waals surface area contributed by atoms with Crippen LogP contribution in [-0.2, 0) is 7.05 Å². The van der Waals surface area contributed by atoms with E-state index in [1.165, 1.54) is 14.1 Å². The van der Waals surface area contributed by atoms with Crippen molar-refractivity contribution in [2.24, 2.45) is 7.05 Å². The summed E-state index contributed by atoms with van der Waals surface area (Å²) in [6.45, 7) is 0. The highest BCUT2D eigenvalue weighted by molar-refractivity contribution is 5.75. The van der Waals surface area contributed by atoms with Crippen molar-refractivity contribution in [1.29, 1.82) is 0 Å². The molecular formula is C6H7N4O3. The summed E-state index contributed by atoms with van der Waals surface area (Å²) in [5, 5.41) is 5.56. The van der Waals surface area contributed by atoms with Crippen LogP contribution in [0.15, 0.2) is 9.59 Å². The quantitative estimate of drug-likeness (QED) is 0.468. The molecule has 0 aliphatic heterocycles. The molecular weight excluding hydrogens is 176 g/mol. The fourth-order valence-corrected chi connectivity index (χ4v) is 0.686. The molecule has 13 heavy (non-hydrogen) atoms. The van der Waals surface area contributed by atoms with Gasteiger partial charge in [-0.3, -0.25) is 9.59 Å². The van der Waals surface area contributed by atoms with Crippen molar-refractivity contribution in [3.8, 4) is 0 Å². The van der Waals surface area contributed by atoms with E-state index < -0.39 is 17.1 Å². The highest BCUT2D eigenvalue weighted by Gasteiger charge is 2.09. The molecule has 0 aromatic carbocycles. The Bertz CT molecular complexity index is 444. The second kappa shape index (κ2) is 3.21. The van der Waals surface area contributed by atoms with Gasteiger partial charge in [-0.1, -0.05) is 0 Å². The molecule has 0 saturated heterocycles. The van der Waals surface area contributed by atoms with Crippen molar-refractivity contribution in [3.05, 3.63) is 27.0 Å². The zero-order valence-corrected chi connectivity index (χ0v) is 7.07. The van der Waals surface area contributed by atoms with Gasteiger partial charge in [0.2, 0.25) is 6.33 Å². The van der Waals surface area contributed by atoms with E-state index in [2.05, 4.69) is 16.7 Å². The second-order valence-electron chi connectivity index (χ2n) is 2.22. The van der Waals surface area contributed by atoms with Crippen molar-refractivity contribution in [3.63, 3.8) is 0 Å². The summed E-state index contributed by atoms with van der Waals surface area (Å²) in [5.74, 6) is 0. The minimum Gasteiger partial charge on any atom is -0.340 e. The molecule has 0 aliphatic carbocycles. The minimum atomic E-state index is -0.975. The van der Waals surface area contributed by atoms with Crippen LogP contribution in [0.3, 0.4) is 0 Å². The van der Waals surface area contributed by atoms with E-state index >= 15 is 0 Å². The Labute approximate surface area is 72.6 Å². The molecule has 1 amide bonds. The highest BCUT2D eigenvalue weighted by atomic mass is 16.2. The van der Waals surface area contributed by atoms with Crippen molar-refractivity contribution in [1.82, 2.24) is 19.7 Å². The monoisotopic (exact) mass is 183 g/mol. The van der Waals surface area contributed by atoms with Gasteiger partial charge in [0, 0.05) is 14.1 Å². The van der Waals surface area contributed by atoms with Crippen LogP contribution in [-0.4, -0.2) is 27.4 Å². The van der Waals surface area contributed by atoms with Crippen LogP contribution in [0.5, 0.6) is 0 Å². The SMILES string of the molecule is CNC(=O)n1[c]nn(C)c(=O)c1=O. The Morgan fingerprint density at radius 3 is 2.62 bits per heavy atom. The van der Waals surface area contributed by atoms with Crippen molar-refractivity contribution < 1.29 is 4.79 Å². The predicted octanol–water partition coefficient (Wildman–Crippen LogP) is -2.07. The number of carbonyl (C=O) groups is 1. The number of hydrogen-bond acceptors (Lipinski definition) is 4. The third kappa shape index (κ3) is 1.48. The lowest BCUT2D eigenvalue weighted by Gasteiger charge is -2.00. The first-order valence-corrected chi connectivity index (χ1v) is 3.38. The second-order valence-corrected chi connectivity index (χ2v) is 2.22. The number of aromatic nitrogens is 3. The van der Waals surface area contributed by atoms with Crippen molar-refractivity contribution in [2.75, 3.05) is 7.05 Å². The van der Waals surface area contributed by atoms with Crippen molar-refractivity contribution >= 4 is 6.03 Å². The maximum atomic E-state index is 11.1. The Morgan fingerprint density at radius 1 is 1.46 bits per heavy atom. The summed E-state index contributed by atoms with van der Waals surface area (Å²) < 4.78 is 1.30. The van der Waals surface area contributed by atoms with Crippen LogP contribution in [0.25, 0.3) is 0 Å². The molecule has 1 aromatic rings. The van der Waals surface area contributed by atoms with Gasteiger partial charge in [-0.15, -0.1) is 5.10 Å². The summed E-state index contributed by atoms with van der Waals surface area (Å²) in [6, 6.07) is -0.741. The molecule has 1 rings (SSSR count). The summed E-state index contributed by atoms with van der Waals surface area (Å²) >= 11 is 0. The average Bonchev–Trinajstić information content (AvgIpc) is 2.13. The van der Waals surface area contributed by atoms with Gasteiger partial charge in [-0.2, -0.15) is 0 Å². The molecule has 0 atom stereocenters. The lowest BCUT2D eigenvalue weighted by Crippen LogP contribution is -2.46. The highest BCUT2D eigenvalue weighted by Crippen LogP contribution is 1.70. The molecule has 0 aliphatic rings. The van der Waals surface area contributed by atoms with E-state index in [0.717, 1.165) is 4.68 Å². The summed E-state index contributed by atoms with van der Waals surface area (Å²) in [4.78, 5) is 33.0. The van der Waals surface area contributed by atoms with Gasteiger partial charge in [0.25, 0.3) is 0 Å². The molecule has 1 heterocycles. The van der Waals surface area contributed by atoms with Crippen LogP contribution in [0, 0.1) is 6.33 Å². The summed E-state index contributed by atoms with van der Waals surface area (Å²) in [6.07, 6.45) is 2.10. The topological polar surface area (TPSA) is 86.0 Å². The van der Waals surface area contributed by atoms with E-state index in [-0.39, 0.29) is 0 Å². The van der Waals surface area contributed by atoms with E-state index in [0.29, 0.717) is 4.57 Å². The van der Waals surface area contributed by atoms with Crippen molar-refractivity contribution in [2.45, 2.75) is 0 Å². The number of carbonyl (C=O) groups excluding carboxylic acids is 1. The molecule has 0 saturated carbocycles. The van der Waals surface area contributed by atoms with Gasteiger partial charge in [0.15, 0.2) is 0 Å². The molecule has 1 aromatic heterocycles. The molecule has 0 spiro atoms. The molecule has 0 unspecified atom stereocenters. The Hall–Kier alpha value is -1.92. The average molecular weight is 183 g/mol. The van der Waals surface area contributed by atoms with Gasteiger partial charge < -0.3 is 5.32 Å². The van der Waals surface area contributed by atoms with Crippen LogP contribution in [0.4, 0.5) is 4.79 Å². The number of aryl methyl sites for hydroxylation is 1. The van der Waals surface area contributed by atoms with Crippen LogP contribution >= 0.6 is 0 Å². The van der Waals surface area contributed by atoms with E-state index in [1.807, 2.05) is 0 Å². The largest absolute Gasteiger partial charge is 0.340 e. The fraction of sp³-hybridized carbons (Fsp3) is 0.333. The normalized spacial score (nSPS) is 9.69. The Balaban J connectivity index is 3.44. The molecule has 0 fully saturated rings. The standard InChI is InChI=1S/C6H7N4O3/c1-7-6(13)10-3-8-9(2)4(11)5(10)12/h1-2H3,(H,7,13). The van der Waals surface area contributed by atoms with E-state index in [9.17, 15) is 14.4 Å². The zero-order chi connectivity index (χ0) is 10.0. The number of nitrogens with zero attached hydrogens (tertiary/aromatic N) is 3. The first kappa shape index (κ1) is 9.17. The minimum absolute atomic E-state index is 0.488. The maximum Gasteiger partial charge on any atom is 0.332 e. The number of nitrogens with one attached hydrogen (secondary N) is 1. The maximum absolute atomic E-state index is 11.1. The summed E-state index contributed by atoms with van der Waals surface area (Å²) in [7, 11) is 2.63. The van der Waals surface area contributed by atoms with Crippen LogP contribution in [0.2, 0.25) is 0 Å². The Morgan fingerprint density at radius 2 is 2.08 bits per heavy atom. The number of amides is 1. The molecule has 7 nitrogen and oxygen atoms in total. The van der Waals surface area contributed by atoms with Gasteiger partial charge >= 0.3 is 17.1 Å². The smallest absolute Gasteiger partial charge is 0.332 e. The number of hydrogen-bond donors (Lipinski definition) is 1. The van der Waals surface area contributed by atoms with Gasteiger partial charge in [-0.05, 0) is 0 Å². The molecule has 69 valence electrons. The molecule has 7 heteroatoms. The first-order chi connectivity index (χ1) is 6.07. The van der Waals surface area contributed by atoms with E-state index in [1.54, 1.807) is 0 Å². The van der Waals surface area contributed by atoms with Gasteiger partial charge in [0.1, 0.15) is 0 Å². The number of rotatable bonds is 0.